The van der Waals surface area contributed by atoms with Gasteiger partial charge in [-0.3, -0.25) is 4.57 Å². The second-order valence-corrected chi connectivity index (χ2v) is 8.50. The predicted octanol–water partition coefficient (Wildman–Crippen LogP) is 4.27. The Bertz CT molecular complexity index is 1220. The first-order valence-corrected chi connectivity index (χ1v) is 11.1. The maximum Gasteiger partial charge on any atom is 0.231 e. The SMILES string of the molecule is c1ccc(-c2nnc(SCc3noc(C4CC4)n3)n2Cc2ccc3c(c2)OCO3)cc1. The van der Waals surface area contributed by atoms with Crippen LogP contribution in [0, 0.1) is 0 Å². The van der Waals surface area contributed by atoms with E-state index in [1.807, 2.05) is 48.5 Å². The summed E-state index contributed by atoms with van der Waals surface area (Å²) in [5.74, 6) is 4.81. The van der Waals surface area contributed by atoms with E-state index in [9.17, 15) is 0 Å². The minimum atomic E-state index is 0.259. The number of nitrogens with zero attached hydrogens (tertiary/aromatic N) is 5. The molecule has 0 saturated heterocycles. The van der Waals surface area contributed by atoms with E-state index >= 15 is 0 Å². The van der Waals surface area contributed by atoms with Gasteiger partial charge in [-0.2, -0.15) is 4.98 Å². The molecule has 6 rings (SSSR count). The van der Waals surface area contributed by atoms with Gasteiger partial charge < -0.3 is 14.0 Å². The molecule has 1 aliphatic carbocycles. The normalized spacial score (nSPS) is 14.8. The predicted molar refractivity (Wildman–Crippen MR) is 113 cm³/mol. The van der Waals surface area contributed by atoms with Gasteiger partial charge in [0.25, 0.3) is 0 Å². The molecule has 8 nitrogen and oxygen atoms in total. The highest BCUT2D eigenvalue weighted by Gasteiger charge is 2.29. The summed E-state index contributed by atoms with van der Waals surface area (Å²) in [6.07, 6.45) is 2.28. The molecule has 2 aromatic carbocycles. The van der Waals surface area contributed by atoms with Gasteiger partial charge in [-0.05, 0) is 30.5 Å². The highest BCUT2D eigenvalue weighted by atomic mass is 32.2. The smallest absolute Gasteiger partial charge is 0.231 e. The van der Waals surface area contributed by atoms with Crippen molar-refractivity contribution in [2.45, 2.75) is 36.2 Å². The number of thioether (sulfide) groups is 1. The molecule has 0 spiro atoms. The molecule has 2 aliphatic rings. The maximum absolute atomic E-state index is 5.54. The molecule has 1 aliphatic heterocycles. The Kier molecular flexibility index (Phi) is 4.60. The third-order valence-electron chi connectivity index (χ3n) is 5.27. The van der Waals surface area contributed by atoms with E-state index < -0.39 is 0 Å². The second kappa shape index (κ2) is 7.73. The summed E-state index contributed by atoms with van der Waals surface area (Å²) in [4.78, 5) is 4.52. The molecule has 0 amide bonds. The first kappa shape index (κ1) is 18.4. The fraction of sp³-hybridized carbons (Fsp3) is 0.273. The molecule has 0 N–H and O–H groups in total. The number of ether oxygens (including phenoxy) is 2. The number of hydrogen-bond acceptors (Lipinski definition) is 8. The molecule has 1 saturated carbocycles. The molecule has 0 bridgehead atoms. The molecule has 0 radical (unpaired) electrons. The average molecular weight is 433 g/mol. The summed E-state index contributed by atoms with van der Waals surface area (Å²) in [7, 11) is 0. The first-order valence-electron chi connectivity index (χ1n) is 10.2. The van der Waals surface area contributed by atoms with Crippen LogP contribution in [0.15, 0.2) is 58.2 Å². The van der Waals surface area contributed by atoms with Gasteiger partial charge in [-0.15, -0.1) is 10.2 Å². The van der Waals surface area contributed by atoms with Crippen molar-refractivity contribution in [3.8, 4) is 22.9 Å². The molecule has 9 heteroatoms. The van der Waals surface area contributed by atoms with Gasteiger partial charge in [0.1, 0.15) is 0 Å². The van der Waals surface area contributed by atoms with E-state index in [1.165, 1.54) is 0 Å². The van der Waals surface area contributed by atoms with E-state index in [1.54, 1.807) is 11.8 Å². The minimum Gasteiger partial charge on any atom is -0.454 e. The van der Waals surface area contributed by atoms with Crippen molar-refractivity contribution < 1.29 is 14.0 Å². The Balaban J connectivity index is 1.29. The van der Waals surface area contributed by atoms with Gasteiger partial charge in [0.2, 0.25) is 12.7 Å². The summed E-state index contributed by atoms with van der Waals surface area (Å²) in [6, 6.07) is 16.1. The molecule has 2 aromatic heterocycles. The van der Waals surface area contributed by atoms with Crippen molar-refractivity contribution in [1.29, 1.82) is 0 Å². The molecule has 156 valence electrons. The Morgan fingerprint density at radius 3 is 2.74 bits per heavy atom. The lowest BCUT2D eigenvalue weighted by Gasteiger charge is -2.11. The zero-order chi connectivity index (χ0) is 20.6. The molecule has 4 aromatic rings. The maximum atomic E-state index is 5.54. The minimum absolute atomic E-state index is 0.259. The van der Waals surface area contributed by atoms with Gasteiger partial charge in [0, 0.05) is 11.5 Å². The Hall–Kier alpha value is -3.33. The Morgan fingerprint density at radius 1 is 1.00 bits per heavy atom. The highest BCUT2D eigenvalue weighted by molar-refractivity contribution is 7.98. The molecule has 1 fully saturated rings. The molecule has 0 atom stereocenters. The van der Waals surface area contributed by atoms with Crippen molar-refractivity contribution in [3.63, 3.8) is 0 Å². The largest absolute Gasteiger partial charge is 0.454 e. The lowest BCUT2D eigenvalue weighted by molar-refractivity contribution is 0.174. The van der Waals surface area contributed by atoms with Crippen LogP contribution in [-0.2, 0) is 12.3 Å². The van der Waals surface area contributed by atoms with E-state index in [0.717, 1.165) is 52.3 Å². The molecule has 0 unspecified atom stereocenters. The van der Waals surface area contributed by atoms with Gasteiger partial charge in [0.05, 0.1) is 12.3 Å². The number of fused-ring (bicyclic) bond motifs is 1. The lowest BCUT2D eigenvalue weighted by atomic mass is 10.2. The van der Waals surface area contributed by atoms with Crippen LogP contribution >= 0.6 is 11.8 Å². The molecule has 31 heavy (non-hydrogen) atoms. The fourth-order valence-corrected chi connectivity index (χ4v) is 4.29. The van der Waals surface area contributed by atoms with Crippen molar-refractivity contribution in [3.05, 3.63) is 65.8 Å². The molecular weight excluding hydrogens is 414 g/mol. The number of hydrogen-bond donors (Lipinski definition) is 0. The summed E-state index contributed by atoms with van der Waals surface area (Å²) >= 11 is 1.55. The van der Waals surface area contributed by atoms with Crippen molar-refractivity contribution in [1.82, 2.24) is 24.9 Å². The Morgan fingerprint density at radius 2 is 1.87 bits per heavy atom. The van der Waals surface area contributed by atoms with Crippen LogP contribution in [0.3, 0.4) is 0 Å². The fourth-order valence-electron chi connectivity index (χ4n) is 3.51. The summed E-state index contributed by atoms with van der Waals surface area (Å²) in [5.41, 5.74) is 2.09. The summed E-state index contributed by atoms with van der Waals surface area (Å²) < 4.78 is 18.5. The van der Waals surface area contributed by atoms with E-state index in [0.29, 0.717) is 24.0 Å². The third kappa shape index (κ3) is 3.76. The topological polar surface area (TPSA) is 88.1 Å². The Labute approximate surface area is 182 Å². The summed E-state index contributed by atoms with van der Waals surface area (Å²) in [5, 5.41) is 13.9. The molecular formula is C22H19N5O3S. The highest BCUT2D eigenvalue weighted by Crippen LogP contribution is 2.39. The van der Waals surface area contributed by atoms with Crippen LogP contribution in [0.2, 0.25) is 0 Å². The van der Waals surface area contributed by atoms with Crippen LogP contribution in [0.25, 0.3) is 11.4 Å². The zero-order valence-corrected chi connectivity index (χ0v) is 17.4. The van der Waals surface area contributed by atoms with Crippen LogP contribution in [0.1, 0.15) is 36.0 Å². The third-order valence-corrected chi connectivity index (χ3v) is 6.23. The lowest BCUT2D eigenvalue weighted by Crippen LogP contribution is -2.04. The van der Waals surface area contributed by atoms with Crippen molar-refractivity contribution in [2.24, 2.45) is 0 Å². The first-order chi connectivity index (χ1) is 15.3. The monoisotopic (exact) mass is 433 g/mol. The van der Waals surface area contributed by atoms with Gasteiger partial charge in [-0.1, -0.05) is 53.3 Å². The number of rotatable bonds is 7. The van der Waals surface area contributed by atoms with E-state index in [4.69, 9.17) is 14.0 Å². The van der Waals surface area contributed by atoms with E-state index in [-0.39, 0.29) is 6.79 Å². The van der Waals surface area contributed by atoms with E-state index in [2.05, 4.69) is 24.9 Å². The average Bonchev–Trinajstić information content (AvgIpc) is 3.20. The standard InChI is InChI=1S/C22H19N5O3S/c1-2-4-15(5-3-1)20-24-25-22(31-12-19-23-21(30-26-19)16-7-8-16)27(20)11-14-6-9-17-18(10-14)29-13-28-17/h1-6,9-10,16H,7-8,11-13H2. The number of benzene rings is 2. The van der Waals surface area contributed by atoms with Crippen LogP contribution in [-0.4, -0.2) is 31.7 Å². The molecule has 3 heterocycles. The van der Waals surface area contributed by atoms with Crippen LogP contribution in [0.4, 0.5) is 0 Å². The second-order valence-electron chi connectivity index (χ2n) is 7.56. The van der Waals surface area contributed by atoms with Gasteiger partial charge in [0.15, 0.2) is 28.3 Å². The van der Waals surface area contributed by atoms with Crippen LogP contribution < -0.4 is 9.47 Å². The van der Waals surface area contributed by atoms with Gasteiger partial charge >= 0.3 is 0 Å². The van der Waals surface area contributed by atoms with Crippen molar-refractivity contribution in [2.75, 3.05) is 6.79 Å². The van der Waals surface area contributed by atoms with Crippen molar-refractivity contribution >= 4 is 11.8 Å². The van der Waals surface area contributed by atoms with Crippen LogP contribution in [0.5, 0.6) is 11.5 Å². The summed E-state index contributed by atoms with van der Waals surface area (Å²) in [6.45, 7) is 0.866. The quantitative estimate of drug-likeness (QED) is 0.399. The zero-order valence-electron chi connectivity index (χ0n) is 16.6. The van der Waals surface area contributed by atoms with Gasteiger partial charge in [-0.25, -0.2) is 0 Å². The number of aromatic nitrogens is 5.